The summed E-state index contributed by atoms with van der Waals surface area (Å²) in [6, 6.07) is 67.1. The Morgan fingerprint density at radius 3 is 1.72 bits per heavy atom. The second kappa shape index (κ2) is 12.1. The van der Waals surface area contributed by atoms with Gasteiger partial charge in [0.25, 0.3) is 0 Å². The number of fused-ring (bicyclic) bond motifs is 6. The second-order valence-electron chi connectivity index (χ2n) is 15.8. The maximum absolute atomic E-state index is 2.56. The molecule has 1 aliphatic carbocycles. The molecule has 0 amide bonds. The molecule has 1 aliphatic heterocycles. The lowest BCUT2D eigenvalue weighted by molar-refractivity contribution is 0.632. The van der Waals surface area contributed by atoms with E-state index >= 15 is 0 Å². The average Bonchev–Trinajstić information content (AvgIpc) is 3.44. The molecule has 0 spiro atoms. The maximum atomic E-state index is 2.56. The lowest BCUT2D eigenvalue weighted by atomic mass is 9.73. The average molecular weight is 695 g/mol. The zero-order chi connectivity index (χ0) is 36.6. The minimum absolute atomic E-state index is 0.0701. The summed E-state index contributed by atoms with van der Waals surface area (Å²) in [5.41, 5.74) is 17.2. The molecule has 0 atom stereocenters. The third-order valence-corrected chi connectivity index (χ3v) is 12.0. The third kappa shape index (κ3) is 4.80. The van der Waals surface area contributed by atoms with Crippen LogP contribution in [0, 0.1) is 0 Å². The first-order valence-electron chi connectivity index (χ1n) is 19.0. The molecule has 0 saturated carbocycles. The summed E-state index contributed by atoms with van der Waals surface area (Å²) in [7, 11) is 0. The summed E-state index contributed by atoms with van der Waals surface area (Å²) in [6.45, 7) is 9.48. The Kier molecular flexibility index (Phi) is 7.22. The summed E-state index contributed by atoms with van der Waals surface area (Å²) in [5, 5.41) is 2.41. The number of rotatable bonds is 5. The zero-order valence-corrected chi connectivity index (χ0v) is 31.2. The fourth-order valence-electron chi connectivity index (χ4n) is 9.26. The molecule has 0 N–H and O–H groups in total. The van der Waals surface area contributed by atoms with E-state index in [1.807, 2.05) is 0 Å². The van der Waals surface area contributed by atoms with Crippen molar-refractivity contribution in [3.63, 3.8) is 0 Å². The van der Waals surface area contributed by atoms with Crippen LogP contribution >= 0.6 is 0 Å². The molecule has 0 bridgehead atoms. The molecule has 2 aliphatic rings. The van der Waals surface area contributed by atoms with E-state index in [4.69, 9.17) is 0 Å². The molecule has 0 radical (unpaired) electrons. The van der Waals surface area contributed by atoms with Crippen molar-refractivity contribution >= 4 is 44.9 Å². The fraction of sp³-hybridized carbons (Fsp3) is 0.115. The standard InChI is InChI=1S/C52H42N2/c1-51(2)43-24-14-13-23-41(43)42-30-27-36(33-46(42)51)37-28-31-45-49(34-37)54(47-26-16-15-25-44(47)52(45,3)4)50-40-22-12-11-17-35(40)29-32-48(50)53(38-18-7-5-8-19-38)39-20-9-6-10-21-39/h5-34H,1-4H3. The first-order chi connectivity index (χ1) is 26.3. The van der Waals surface area contributed by atoms with Crippen molar-refractivity contribution in [3.05, 3.63) is 204 Å². The summed E-state index contributed by atoms with van der Waals surface area (Å²) in [4.78, 5) is 4.97. The van der Waals surface area contributed by atoms with Crippen LogP contribution in [-0.2, 0) is 10.8 Å². The van der Waals surface area contributed by atoms with Gasteiger partial charge in [-0.2, -0.15) is 0 Å². The Bertz CT molecular complexity index is 2680. The Labute approximate surface area is 318 Å². The van der Waals surface area contributed by atoms with Crippen molar-refractivity contribution in [2.75, 3.05) is 9.80 Å². The van der Waals surface area contributed by atoms with Crippen LogP contribution in [-0.4, -0.2) is 0 Å². The van der Waals surface area contributed by atoms with Crippen molar-refractivity contribution in [1.82, 2.24) is 0 Å². The first kappa shape index (κ1) is 32.3. The van der Waals surface area contributed by atoms with Crippen LogP contribution in [0.3, 0.4) is 0 Å². The molecule has 0 fully saturated rings. The predicted molar refractivity (Wildman–Crippen MR) is 228 cm³/mol. The van der Waals surface area contributed by atoms with Crippen LogP contribution in [0.15, 0.2) is 182 Å². The van der Waals surface area contributed by atoms with Gasteiger partial charge in [-0.15, -0.1) is 0 Å². The fourth-order valence-corrected chi connectivity index (χ4v) is 9.26. The highest BCUT2D eigenvalue weighted by atomic mass is 15.2. The Morgan fingerprint density at radius 1 is 0.407 bits per heavy atom. The molecular weight excluding hydrogens is 653 g/mol. The number of anilines is 6. The van der Waals surface area contributed by atoms with Crippen LogP contribution in [0.25, 0.3) is 33.0 Å². The van der Waals surface area contributed by atoms with Crippen molar-refractivity contribution in [2.45, 2.75) is 38.5 Å². The van der Waals surface area contributed by atoms with Gasteiger partial charge in [0.2, 0.25) is 0 Å². The van der Waals surface area contributed by atoms with Gasteiger partial charge < -0.3 is 9.80 Å². The molecule has 2 nitrogen and oxygen atoms in total. The normalized spacial score (nSPS) is 14.6. The van der Waals surface area contributed by atoms with Crippen LogP contribution < -0.4 is 9.80 Å². The van der Waals surface area contributed by atoms with Gasteiger partial charge in [-0.05, 0) is 98.4 Å². The van der Waals surface area contributed by atoms with Gasteiger partial charge in [-0.25, -0.2) is 0 Å². The summed E-state index contributed by atoms with van der Waals surface area (Å²) in [5.74, 6) is 0. The molecule has 8 aromatic rings. The van der Waals surface area contributed by atoms with Crippen molar-refractivity contribution < 1.29 is 0 Å². The van der Waals surface area contributed by atoms with Crippen LogP contribution in [0.2, 0.25) is 0 Å². The van der Waals surface area contributed by atoms with Crippen molar-refractivity contribution in [3.8, 4) is 22.3 Å². The van der Waals surface area contributed by atoms with E-state index in [0.29, 0.717) is 0 Å². The Morgan fingerprint density at radius 2 is 0.963 bits per heavy atom. The van der Waals surface area contributed by atoms with E-state index in [-0.39, 0.29) is 10.8 Å². The second-order valence-corrected chi connectivity index (χ2v) is 15.8. The molecule has 0 aromatic heterocycles. The number of hydrogen-bond donors (Lipinski definition) is 0. The Balaban J connectivity index is 1.25. The number of para-hydroxylation sites is 3. The van der Waals surface area contributed by atoms with Gasteiger partial charge in [0.1, 0.15) is 0 Å². The van der Waals surface area contributed by atoms with Gasteiger partial charge >= 0.3 is 0 Å². The minimum atomic E-state index is -0.216. The predicted octanol–water partition coefficient (Wildman–Crippen LogP) is 14.4. The number of nitrogens with zero attached hydrogens (tertiary/aromatic N) is 2. The first-order valence-corrected chi connectivity index (χ1v) is 19.0. The van der Waals surface area contributed by atoms with Crippen molar-refractivity contribution in [2.24, 2.45) is 0 Å². The topological polar surface area (TPSA) is 6.48 Å². The SMILES string of the molecule is CC1(C)c2ccccc2-c2ccc(-c3ccc4c(c3)N(c3c(N(c5ccccc5)c5ccccc5)ccc5ccccc35)c3ccccc3C4(C)C)cc21. The van der Waals surface area contributed by atoms with Crippen LogP contribution in [0.5, 0.6) is 0 Å². The quantitative estimate of drug-likeness (QED) is 0.177. The van der Waals surface area contributed by atoms with Crippen LogP contribution in [0.1, 0.15) is 49.9 Å². The summed E-state index contributed by atoms with van der Waals surface area (Å²) in [6.07, 6.45) is 0. The molecular formula is C52H42N2. The molecule has 10 rings (SSSR count). The van der Waals surface area contributed by atoms with Crippen LogP contribution in [0.4, 0.5) is 34.1 Å². The van der Waals surface area contributed by atoms with E-state index in [1.54, 1.807) is 0 Å². The summed E-state index contributed by atoms with van der Waals surface area (Å²) >= 11 is 0. The van der Waals surface area contributed by atoms with E-state index in [1.165, 1.54) is 66.7 Å². The molecule has 1 heterocycles. The number of hydrogen-bond acceptors (Lipinski definition) is 2. The maximum Gasteiger partial charge on any atom is 0.0781 e. The lowest BCUT2D eigenvalue weighted by Crippen LogP contribution is -2.31. The van der Waals surface area contributed by atoms with Gasteiger partial charge in [-0.1, -0.05) is 161 Å². The van der Waals surface area contributed by atoms with E-state index < -0.39 is 0 Å². The molecule has 8 aromatic carbocycles. The molecule has 2 heteroatoms. The van der Waals surface area contributed by atoms with E-state index in [0.717, 1.165) is 22.7 Å². The van der Waals surface area contributed by atoms with Gasteiger partial charge in [0, 0.05) is 27.6 Å². The van der Waals surface area contributed by atoms with E-state index in [9.17, 15) is 0 Å². The van der Waals surface area contributed by atoms with Gasteiger partial charge in [0.05, 0.1) is 22.7 Å². The summed E-state index contributed by atoms with van der Waals surface area (Å²) < 4.78 is 0. The highest BCUT2D eigenvalue weighted by Crippen LogP contribution is 2.57. The molecule has 0 saturated heterocycles. The zero-order valence-electron chi connectivity index (χ0n) is 31.2. The molecule has 54 heavy (non-hydrogen) atoms. The van der Waals surface area contributed by atoms with E-state index in [2.05, 4.69) is 219 Å². The smallest absolute Gasteiger partial charge is 0.0781 e. The minimum Gasteiger partial charge on any atom is -0.308 e. The number of benzene rings is 8. The molecule has 0 unspecified atom stereocenters. The molecule has 260 valence electrons. The Hall–Kier alpha value is -6.38. The lowest BCUT2D eigenvalue weighted by Gasteiger charge is -2.44. The van der Waals surface area contributed by atoms with Gasteiger partial charge in [0.15, 0.2) is 0 Å². The largest absolute Gasteiger partial charge is 0.308 e. The van der Waals surface area contributed by atoms with Gasteiger partial charge in [-0.3, -0.25) is 0 Å². The van der Waals surface area contributed by atoms with Crippen molar-refractivity contribution in [1.29, 1.82) is 0 Å². The monoisotopic (exact) mass is 694 g/mol. The highest BCUT2D eigenvalue weighted by molar-refractivity contribution is 6.08. The third-order valence-electron chi connectivity index (χ3n) is 12.0. The highest BCUT2D eigenvalue weighted by Gasteiger charge is 2.39.